The molecule has 2 N–H and O–H groups in total. The molecule has 0 aromatic heterocycles. The number of amides is 2. The molecule has 1 heterocycles. The molecule has 2 amide bonds. The summed E-state index contributed by atoms with van der Waals surface area (Å²) in [5.74, 6) is -0.440. The van der Waals surface area contributed by atoms with Gasteiger partial charge in [0.15, 0.2) is 0 Å². The van der Waals surface area contributed by atoms with Crippen molar-refractivity contribution in [2.24, 2.45) is 5.41 Å². The third-order valence-electron chi connectivity index (χ3n) is 3.63. The minimum Gasteiger partial charge on any atom is -0.481 e. The molecule has 7 heteroatoms. The van der Waals surface area contributed by atoms with Crippen LogP contribution in [0.15, 0.2) is 0 Å². The molecule has 6 nitrogen and oxygen atoms in total. The van der Waals surface area contributed by atoms with E-state index in [-0.39, 0.29) is 18.6 Å². The zero-order chi connectivity index (χ0) is 14.6. The molecule has 0 radical (unpaired) electrons. The van der Waals surface area contributed by atoms with Crippen LogP contribution in [-0.4, -0.2) is 57.4 Å². The van der Waals surface area contributed by atoms with E-state index in [4.69, 9.17) is 0 Å². The van der Waals surface area contributed by atoms with Gasteiger partial charge in [0.25, 0.3) is 0 Å². The van der Waals surface area contributed by atoms with Crippen LogP contribution in [0.2, 0.25) is 0 Å². The summed E-state index contributed by atoms with van der Waals surface area (Å²) in [4.78, 5) is 24.8. The predicted molar refractivity (Wildman–Crippen MR) is 73.5 cm³/mol. The first-order chi connectivity index (χ1) is 8.80. The van der Waals surface area contributed by atoms with Crippen molar-refractivity contribution in [2.75, 3.05) is 25.1 Å². The number of carboxylic acid groups (broad SMARTS) is 1. The van der Waals surface area contributed by atoms with Gasteiger partial charge in [-0.25, -0.2) is 4.79 Å². The van der Waals surface area contributed by atoms with Crippen LogP contribution in [0.3, 0.4) is 0 Å². The monoisotopic (exact) mass is 290 g/mol. The van der Waals surface area contributed by atoms with E-state index in [0.29, 0.717) is 25.1 Å². The van der Waals surface area contributed by atoms with Gasteiger partial charge in [-0.2, -0.15) is 0 Å². The first-order valence-corrected chi connectivity index (χ1v) is 8.12. The summed E-state index contributed by atoms with van der Waals surface area (Å²) in [5.41, 5.74) is -0.811. The Balaban J connectivity index is 2.57. The van der Waals surface area contributed by atoms with E-state index in [9.17, 15) is 18.9 Å². The lowest BCUT2D eigenvalue weighted by molar-refractivity contribution is -0.148. The minimum absolute atomic E-state index is 0.181. The summed E-state index contributed by atoms with van der Waals surface area (Å²) in [6.07, 6.45) is 2.59. The van der Waals surface area contributed by atoms with Gasteiger partial charge in [-0.05, 0) is 19.8 Å². The number of hydrogen-bond acceptors (Lipinski definition) is 3. The summed E-state index contributed by atoms with van der Waals surface area (Å²) < 4.78 is 11.1. The maximum Gasteiger partial charge on any atom is 0.317 e. The molecule has 0 spiro atoms. The lowest BCUT2D eigenvalue weighted by atomic mass is 9.84. The minimum atomic E-state index is -0.965. The average molecular weight is 290 g/mol. The second-order valence-electron chi connectivity index (χ2n) is 5.20. The molecule has 0 bridgehead atoms. The van der Waals surface area contributed by atoms with Gasteiger partial charge in [0.05, 0.1) is 5.41 Å². The highest BCUT2D eigenvalue weighted by molar-refractivity contribution is 7.84. The Morgan fingerprint density at radius 1 is 1.53 bits per heavy atom. The van der Waals surface area contributed by atoms with Crippen molar-refractivity contribution >= 4 is 22.8 Å². The van der Waals surface area contributed by atoms with Gasteiger partial charge in [-0.3, -0.25) is 9.00 Å². The van der Waals surface area contributed by atoms with Gasteiger partial charge in [0.1, 0.15) is 0 Å². The number of aliphatic carboxylic acids is 1. The quantitative estimate of drug-likeness (QED) is 0.778. The molecule has 0 aromatic rings. The van der Waals surface area contributed by atoms with E-state index < -0.39 is 22.2 Å². The highest BCUT2D eigenvalue weighted by Crippen LogP contribution is 2.34. The summed E-state index contributed by atoms with van der Waals surface area (Å²) in [6, 6.07) is -0.450. The summed E-state index contributed by atoms with van der Waals surface area (Å²) in [6.45, 7) is 4.32. The second kappa shape index (κ2) is 6.36. The van der Waals surface area contributed by atoms with Gasteiger partial charge < -0.3 is 15.3 Å². The number of rotatable bonds is 5. The highest BCUT2D eigenvalue weighted by Gasteiger charge is 2.44. The van der Waals surface area contributed by atoms with Gasteiger partial charge >= 0.3 is 12.0 Å². The molecule has 0 aliphatic carbocycles. The fourth-order valence-corrected chi connectivity index (χ4v) is 3.14. The summed E-state index contributed by atoms with van der Waals surface area (Å²) in [5, 5.41) is 12.0. The van der Waals surface area contributed by atoms with Crippen LogP contribution in [-0.2, 0) is 15.6 Å². The average Bonchev–Trinajstić information content (AvgIpc) is 2.73. The number of carbonyl (C=O) groups excluding carboxylic acids is 1. The lowest BCUT2D eigenvalue weighted by Gasteiger charge is -2.24. The lowest BCUT2D eigenvalue weighted by Crippen LogP contribution is -2.46. The van der Waals surface area contributed by atoms with Crippen LogP contribution in [0, 0.1) is 5.41 Å². The van der Waals surface area contributed by atoms with Gasteiger partial charge in [0, 0.05) is 41.9 Å². The molecule has 1 aliphatic rings. The first kappa shape index (κ1) is 15.9. The van der Waals surface area contributed by atoms with Crippen molar-refractivity contribution in [3.05, 3.63) is 0 Å². The fraction of sp³-hybridized carbons (Fsp3) is 0.833. The van der Waals surface area contributed by atoms with E-state index in [2.05, 4.69) is 5.32 Å². The normalized spacial score (nSPS) is 25.9. The third-order valence-corrected chi connectivity index (χ3v) is 4.60. The van der Waals surface area contributed by atoms with Crippen LogP contribution in [0.25, 0.3) is 0 Å². The van der Waals surface area contributed by atoms with Crippen molar-refractivity contribution in [1.29, 1.82) is 0 Å². The summed E-state index contributed by atoms with van der Waals surface area (Å²) >= 11 is 0. The Morgan fingerprint density at radius 3 is 2.58 bits per heavy atom. The molecule has 1 aliphatic heterocycles. The van der Waals surface area contributed by atoms with Gasteiger partial charge in [-0.15, -0.1) is 0 Å². The number of carboxylic acids is 1. The number of nitrogens with one attached hydrogen (secondary N) is 1. The predicted octanol–water partition coefficient (Wildman–Crippen LogP) is 0.650. The highest BCUT2D eigenvalue weighted by atomic mass is 32.2. The van der Waals surface area contributed by atoms with Crippen LogP contribution in [0.5, 0.6) is 0 Å². The maximum absolute atomic E-state index is 12.0. The number of urea groups is 1. The van der Waals surface area contributed by atoms with E-state index >= 15 is 0 Å². The summed E-state index contributed by atoms with van der Waals surface area (Å²) in [7, 11) is -0.965. The Hall–Kier alpha value is -1.11. The number of likely N-dealkylation sites (tertiary alicyclic amines) is 1. The zero-order valence-corrected chi connectivity index (χ0v) is 12.5. The molecule has 1 saturated heterocycles. The van der Waals surface area contributed by atoms with Crippen LogP contribution < -0.4 is 5.32 Å². The van der Waals surface area contributed by atoms with E-state index in [1.807, 2.05) is 6.92 Å². The van der Waals surface area contributed by atoms with Crippen molar-refractivity contribution < 1.29 is 18.9 Å². The Kier molecular flexibility index (Phi) is 5.34. The third kappa shape index (κ3) is 3.92. The number of nitrogens with zero attached hydrogens (tertiary/aromatic N) is 1. The van der Waals surface area contributed by atoms with Gasteiger partial charge in [-0.1, -0.05) is 6.92 Å². The molecule has 0 aromatic carbocycles. The van der Waals surface area contributed by atoms with Gasteiger partial charge in [0.2, 0.25) is 0 Å². The van der Waals surface area contributed by atoms with Crippen LogP contribution >= 0.6 is 0 Å². The molecule has 1 rings (SSSR count). The smallest absolute Gasteiger partial charge is 0.317 e. The molecule has 110 valence electrons. The Labute approximate surface area is 116 Å². The van der Waals surface area contributed by atoms with Crippen molar-refractivity contribution in [3.63, 3.8) is 0 Å². The molecule has 1 fully saturated rings. The van der Waals surface area contributed by atoms with E-state index in [1.54, 1.807) is 13.2 Å². The Bertz CT molecular complexity index is 388. The molecular formula is C12H22N2O4S. The molecule has 19 heavy (non-hydrogen) atoms. The number of hydrogen-bond donors (Lipinski definition) is 2. The van der Waals surface area contributed by atoms with Crippen molar-refractivity contribution in [2.45, 2.75) is 32.7 Å². The maximum atomic E-state index is 12.0. The van der Waals surface area contributed by atoms with Crippen molar-refractivity contribution in [3.8, 4) is 0 Å². The molecular weight excluding hydrogens is 268 g/mol. The van der Waals surface area contributed by atoms with Crippen LogP contribution in [0.4, 0.5) is 4.79 Å². The Morgan fingerprint density at radius 2 is 2.16 bits per heavy atom. The molecule has 3 atom stereocenters. The molecule has 0 saturated carbocycles. The topological polar surface area (TPSA) is 86.7 Å². The van der Waals surface area contributed by atoms with Crippen molar-refractivity contribution in [1.82, 2.24) is 10.2 Å². The number of carbonyl (C=O) groups is 2. The van der Waals surface area contributed by atoms with E-state index in [0.717, 1.165) is 0 Å². The SMILES string of the molecule is CCC1(C(=O)O)CCN(C(=O)NC(C)CS(C)=O)C1. The van der Waals surface area contributed by atoms with Crippen LogP contribution in [0.1, 0.15) is 26.7 Å². The zero-order valence-electron chi connectivity index (χ0n) is 11.6. The van der Waals surface area contributed by atoms with E-state index in [1.165, 1.54) is 4.90 Å². The molecule has 3 unspecified atom stereocenters. The largest absolute Gasteiger partial charge is 0.481 e. The first-order valence-electron chi connectivity index (χ1n) is 6.39. The fourth-order valence-electron chi connectivity index (χ4n) is 2.36. The standard InChI is InChI=1S/C12H22N2O4S/c1-4-12(10(15)16)5-6-14(8-12)11(17)13-9(2)7-19(3)18/h9H,4-8H2,1-3H3,(H,13,17)(H,15,16). The second-order valence-corrected chi connectivity index (χ2v) is 6.68.